The minimum absolute atomic E-state index is 0.0737. The number of rotatable bonds is 4. The molecule has 1 fully saturated rings. The molecule has 0 unspecified atom stereocenters. The molecular weight excluding hydrogens is 272 g/mol. The SMILES string of the molecule is O=C([O-])Cc1sc(N2CCCC2)nc1-c1ccccc1. The second kappa shape index (κ2) is 5.63. The number of anilines is 1. The molecule has 0 N–H and O–H groups in total. The standard InChI is InChI=1S/C15H16N2O2S/c18-13(19)10-12-14(11-6-2-1-3-7-11)16-15(20-12)17-8-4-5-9-17/h1-3,6-7H,4-5,8-10H2,(H,18,19)/p-1. The minimum Gasteiger partial charge on any atom is -0.550 e. The van der Waals surface area contributed by atoms with Gasteiger partial charge in [-0.2, -0.15) is 0 Å². The first-order valence-electron chi connectivity index (χ1n) is 6.74. The molecule has 0 aliphatic carbocycles. The third-order valence-electron chi connectivity index (χ3n) is 3.41. The summed E-state index contributed by atoms with van der Waals surface area (Å²) >= 11 is 1.47. The molecule has 1 saturated heterocycles. The Hall–Kier alpha value is -1.88. The van der Waals surface area contributed by atoms with E-state index >= 15 is 0 Å². The fourth-order valence-electron chi connectivity index (χ4n) is 2.46. The number of carbonyl (C=O) groups excluding carboxylic acids is 1. The predicted molar refractivity (Wildman–Crippen MR) is 77.7 cm³/mol. The molecule has 2 heterocycles. The van der Waals surface area contributed by atoms with Crippen molar-refractivity contribution >= 4 is 22.4 Å². The van der Waals surface area contributed by atoms with Crippen molar-refractivity contribution in [1.29, 1.82) is 0 Å². The van der Waals surface area contributed by atoms with Gasteiger partial charge in [-0.25, -0.2) is 4.98 Å². The molecule has 4 nitrogen and oxygen atoms in total. The lowest BCUT2D eigenvalue weighted by Gasteiger charge is -2.12. The summed E-state index contributed by atoms with van der Waals surface area (Å²) in [4.78, 5) is 18.6. The monoisotopic (exact) mass is 287 g/mol. The molecule has 0 spiro atoms. The molecule has 2 aromatic rings. The van der Waals surface area contributed by atoms with Crippen molar-refractivity contribution in [3.8, 4) is 11.3 Å². The van der Waals surface area contributed by atoms with Gasteiger partial charge in [0.05, 0.1) is 5.69 Å². The first-order valence-corrected chi connectivity index (χ1v) is 7.55. The zero-order chi connectivity index (χ0) is 13.9. The van der Waals surface area contributed by atoms with Gasteiger partial charge in [-0.3, -0.25) is 0 Å². The van der Waals surface area contributed by atoms with Crippen molar-refractivity contribution in [2.45, 2.75) is 19.3 Å². The number of nitrogens with zero attached hydrogens (tertiary/aromatic N) is 2. The Morgan fingerprint density at radius 1 is 1.25 bits per heavy atom. The van der Waals surface area contributed by atoms with Crippen molar-refractivity contribution < 1.29 is 9.90 Å². The molecule has 0 bridgehead atoms. The van der Waals surface area contributed by atoms with Gasteiger partial charge in [-0.1, -0.05) is 30.3 Å². The highest BCUT2D eigenvalue weighted by Crippen LogP contribution is 2.34. The topological polar surface area (TPSA) is 56.3 Å². The van der Waals surface area contributed by atoms with Gasteiger partial charge < -0.3 is 14.8 Å². The van der Waals surface area contributed by atoms with Crippen LogP contribution in [-0.2, 0) is 11.2 Å². The molecule has 1 aliphatic rings. The van der Waals surface area contributed by atoms with Crippen LogP contribution in [0.25, 0.3) is 11.3 Å². The maximum atomic E-state index is 10.9. The van der Waals surface area contributed by atoms with E-state index in [0.717, 1.165) is 34.4 Å². The van der Waals surface area contributed by atoms with Crippen LogP contribution in [0.5, 0.6) is 0 Å². The lowest BCUT2D eigenvalue weighted by Crippen LogP contribution is -2.24. The quantitative estimate of drug-likeness (QED) is 0.859. The van der Waals surface area contributed by atoms with E-state index in [2.05, 4.69) is 9.88 Å². The van der Waals surface area contributed by atoms with E-state index in [1.165, 1.54) is 24.2 Å². The lowest BCUT2D eigenvalue weighted by atomic mass is 10.1. The van der Waals surface area contributed by atoms with E-state index in [-0.39, 0.29) is 6.42 Å². The van der Waals surface area contributed by atoms with E-state index < -0.39 is 5.97 Å². The second-order valence-corrected chi connectivity index (χ2v) is 5.94. The number of carboxylic acids is 1. The van der Waals surface area contributed by atoms with Crippen LogP contribution in [-0.4, -0.2) is 24.0 Å². The molecule has 1 aromatic heterocycles. The number of aliphatic carboxylic acids is 1. The van der Waals surface area contributed by atoms with E-state index in [9.17, 15) is 9.90 Å². The average molecular weight is 287 g/mol. The van der Waals surface area contributed by atoms with Crippen molar-refractivity contribution in [2.75, 3.05) is 18.0 Å². The molecule has 104 valence electrons. The third kappa shape index (κ3) is 2.67. The summed E-state index contributed by atoms with van der Waals surface area (Å²) in [6, 6.07) is 9.73. The molecule has 0 saturated carbocycles. The van der Waals surface area contributed by atoms with Gasteiger partial charge in [0.15, 0.2) is 5.13 Å². The Morgan fingerprint density at radius 2 is 1.95 bits per heavy atom. The van der Waals surface area contributed by atoms with Crippen LogP contribution < -0.4 is 10.0 Å². The molecular formula is C15H15N2O2S-. The Labute approximate surface area is 121 Å². The zero-order valence-corrected chi connectivity index (χ0v) is 11.9. The summed E-state index contributed by atoms with van der Waals surface area (Å²) < 4.78 is 0. The van der Waals surface area contributed by atoms with Gasteiger partial charge in [0.2, 0.25) is 0 Å². The number of aromatic nitrogens is 1. The molecule has 1 aliphatic heterocycles. The van der Waals surface area contributed by atoms with Gasteiger partial charge in [0.1, 0.15) is 0 Å². The maximum absolute atomic E-state index is 10.9. The Kier molecular flexibility index (Phi) is 3.69. The van der Waals surface area contributed by atoms with Crippen LogP contribution in [0, 0.1) is 0 Å². The number of benzene rings is 1. The summed E-state index contributed by atoms with van der Waals surface area (Å²) in [6.45, 7) is 2.01. The molecule has 0 atom stereocenters. The van der Waals surface area contributed by atoms with Crippen LogP contribution in [0.1, 0.15) is 17.7 Å². The summed E-state index contributed by atoms with van der Waals surface area (Å²) in [5.41, 5.74) is 1.74. The van der Waals surface area contributed by atoms with E-state index in [1.807, 2.05) is 30.3 Å². The highest BCUT2D eigenvalue weighted by atomic mass is 32.1. The summed E-state index contributed by atoms with van der Waals surface area (Å²) in [6.07, 6.45) is 2.28. The van der Waals surface area contributed by atoms with Gasteiger partial charge in [-0.05, 0) is 12.8 Å². The summed E-state index contributed by atoms with van der Waals surface area (Å²) in [7, 11) is 0. The first kappa shape index (κ1) is 13.1. The molecule has 0 amide bonds. The third-order valence-corrected chi connectivity index (χ3v) is 4.53. The highest BCUT2D eigenvalue weighted by Gasteiger charge is 2.19. The Bertz CT molecular complexity index is 604. The first-order chi connectivity index (χ1) is 9.74. The Morgan fingerprint density at radius 3 is 2.60 bits per heavy atom. The number of thiazole rings is 1. The molecule has 5 heteroatoms. The normalized spacial score (nSPS) is 14.7. The summed E-state index contributed by atoms with van der Waals surface area (Å²) in [5, 5.41) is 11.9. The van der Waals surface area contributed by atoms with Gasteiger partial charge in [0, 0.05) is 35.9 Å². The molecule has 3 rings (SSSR count). The van der Waals surface area contributed by atoms with E-state index in [1.54, 1.807) is 0 Å². The number of hydrogen-bond acceptors (Lipinski definition) is 5. The minimum atomic E-state index is -1.06. The van der Waals surface area contributed by atoms with Crippen molar-refractivity contribution in [1.82, 2.24) is 4.98 Å². The van der Waals surface area contributed by atoms with Gasteiger partial charge >= 0.3 is 0 Å². The fourth-order valence-corrected chi connectivity index (χ4v) is 3.57. The van der Waals surface area contributed by atoms with Crippen LogP contribution in [0.2, 0.25) is 0 Å². The smallest absolute Gasteiger partial charge is 0.186 e. The van der Waals surface area contributed by atoms with Gasteiger partial charge in [-0.15, -0.1) is 11.3 Å². The lowest BCUT2D eigenvalue weighted by molar-refractivity contribution is -0.304. The maximum Gasteiger partial charge on any atom is 0.186 e. The van der Waals surface area contributed by atoms with Crippen molar-refractivity contribution in [3.05, 3.63) is 35.2 Å². The molecule has 1 aromatic carbocycles. The Balaban J connectivity index is 1.99. The number of carboxylic acid groups (broad SMARTS) is 1. The highest BCUT2D eigenvalue weighted by molar-refractivity contribution is 7.16. The fraction of sp³-hybridized carbons (Fsp3) is 0.333. The number of carbonyl (C=O) groups is 1. The molecule has 20 heavy (non-hydrogen) atoms. The zero-order valence-electron chi connectivity index (χ0n) is 11.0. The van der Waals surface area contributed by atoms with E-state index in [0.29, 0.717) is 0 Å². The largest absolute Gasteiger partial charge is 0.550 e. The van der Waals surface area contributed by atoms with E-state index in [4.69, 9.17) is 0 Å². The van der Waals surface area contributed by atoms with Crippen molar-refractivity contribution in [3.63, 3.8) is 0 Å². The van der Waals surface area contributed by atoms with Crippen LogP contribution >= 0.6 is 11.3 Å². The molecule has 0 radical (unpaired) electrons. The van der Waals surface area contributed by atoms with Crippen LogP contribution in [0.4, 0.5) is 5.13 Å². The van der Waals surface area contributed by atoms with Gasteiger partial charge in [0.25, 0.3) is 0 Å². The van der Waals surface area contributed by atoms with Crippen LogP contribution in [0.15, 0.2) is 30.3 Å². The average Bonchev–Trinajstić information content (AvgIpc) is 3.08. The number of hydrogen-bond donors (Lipinski definition) is 0. The predicted octanol–water partition coefficient (Wildman–Crippen LogP) is 1.70. The van der Waals surface area contributed by atoms with Crippen molar-refractivity contribution in [2.24, 2.45) is 0 Å². The van der Waals surface area contributed by atoms with Crippen LogP contribution in [0.3, 0.4) is 0 Å². The summed E-state index contributed by atoms with van der Waals surface area (Å²) in [5.74, 6) is -1.06. The second-order valence-electron chi connectivity index (χ2n) is 4.88.